The molecule has 0 spiro atoms. The van der Waals surface area contributed by atoms with Crippen LogP contribution >= 0.6 is 0 Å². The number of unbranched alkanes of at least 4 members (excludes halogenated alkanes) is 1. The molecular formula is C17H32N2. The average molecular weight is 264 g/mol. The maximum Gasteiger partial charge on any atom is 0.0936 e. The zero-order valence-electron chi connectivity index (χ0n) is 12.7. The van der Waals surface area contributed by atoms with E-state index in [9.17, 15) is 0 Å². The molecule has 0 aromatic heterocycles. The maximum absolute atomic E-state index is 7.57. The molecule has 0 heterocycles. The molecule has 2 aliphatic rings. The number of rotatable bonds is 5. The summed E-state index contributed by atoms with van der Waals surface area (Å²) in [4.78, 5) is 0. The molecule has 2 nitrogen and oxygen atoms in total. The van der Waals surface area contributed by atoms with Gasteiger partial charge in [-0.15, -0.1) is 0 Å². The van der Waals surface area contributed by atoms with Gasteiger partial charge in [-0.1, -0.05) is 39.0 Å². The molecule has 2 saturated carbocycles. The average Bonchev–Trinajstić information content (AvgIpc) is 2.46. The third kappa shape index (κ3) is 4.22. The summed E-state index contributed by atoms with van der Waals surface area (Å²) in [6, 6.07) is 0. The first-order chi connectivity index (χ1) is 9.20. The van der Waals surface area contributed by atoms with E-state index in [-0.39, 0.29) is 0 Å². The molecule has 0 saturated heterocycles. The van der Waals surface area contributed by atoms with E-state index >= 15 is 0 Å². The molecule has 0 aliphatic heterocycles. The maximum atomic E-state index is 7.57. The zero-order chi connectivity index (χ0) is 13.7. The van der Waals surface area contributed by atoms with Crippen molar-refractivity contribution in [3.8, 4) is 0 Å². The van der Waals surface area contributed by atoms with Crippen LogP contribution in [0.1, 0.15) is 77.6 Å². The van der Waals surface area contributed by atoms with E-state index in [0.29, 0.717) is 11.8 Å². The van der Waals surface area contributed by atoms with Crippen molar-refractivity contribution in [3.05, 3.63) is 0 Å². The molecule has 110 valence electrons. The van der Waals surface area contributed by atoms with Gasteiger partial charge in [0.05, 0.1) is 5.84 Å². The Labute approximate surface area is 119 Å². The van der Waals surface area contributed by atoms with Crippen molar-refractivity contribution in [1.29, 1.82) is 5.41 Å². The van der Waals surface area contributed by atoms with E-state index in [1.807, 2.05) is 0 Å². The standard InChI is InChI=1S/C17H32N2/c1-2-3-4-13-5-7-14(8-6-13)15-9-11-16(12-10-15)17(18)19/h13-16H,2-12H2,1H3,(H3,18,19). The second-order valence-electron chi connectivity index (χ2n) is 6.99. The number of nitrogens with two attached hydrogens (primary N) is 1. The van der Waals surface area contributed by atoms with E-state index in [0.717, 1.165) is 17.8 Å². The Morgan fingerprint density at radius 3 is 1.95 bits per heavy atom. The number of hydrogen-bond acceptors (Lipinski definition) is 1. The Bertz CT molecular complexity index is 271. The first kappa shape index (κ1) is 14.9. The minimum absolute atomic E-state index is 0.400. The summed E-state index contributed by atoms with van der Waals surface area (Å²) in [5.41, 5.74) is 5.64. The molecular weight excluding hydrogens is 232 g/mol. The lowest BCUT2D eigenvalue weighted by Gasteiger charge is -2.37. The number of hydrogen-bond donors (Lipinski definition) is 2. The van der Waals surface area contributed by atoms with Crippen LogP contribution in [0.3, 0.4) is 0 Å². The Morgan fingerprint density at radius 1 is 0.947 bits per heavy atom. The summed E-state index contributed by atoms with van der Waals surface area (Å²) >= 11 is 0. The van der Waals surface area contributed by atoms with Crippen LogP contribution in [0.5, 0.6) is 0 Å². The van der Waals surface area contributed by atoms with Crippen LogP contribution in [0.25, 0.3) is 0 Å². The summed E-state index contributed by atoms with van der Waals surface area (Å²) in [6.45, 7) is 2.30. The van der Waals surface area contributed by atoms with E-state index in [1.165, 1.54) is 70.6 Å². The minimum Gasteiger partial charge on any atom is -0.387 e. The molecule has 0 atom stereocenters. The van der Waals surface area contributed by atoms with Gasteiger partial charge in [0.2, 0.25) is 0 Å². The predicted molar refractivity (Wildman–Crippen MR) is 82.3 cm³/mol. The summed E-state index contributed by atoms with van der Waals surface area (Å²) in [5, 5.41) is 7.57. The van der Waals surface area contributed by atoms with Gasteiger partial charge in [-0.2, -0.15) is 0 Å². The molecule has 0 unspecified atom stereocenters. The zero-order valence-corrected chi connectivity index (χ0v) is 12.7. The van der Waals surface area contributed by atoms with Crippen LogP contribution in [0.4, 0.5) is 0 Å². The highest BCUT2D eigenvalue weighted by molar-refractivity contribution is 5.79. The van der Waals surface area contributed by atoms with Crippen molar-refractivity contribution < 1.29 is 0 Å². The van der Waals surface area contributed by atoms with Crippen molar-refractivity contribution in [3.63, 3.8) is 0 Å². The molecule has 3 N–H and O–H groups in total. The quantitative estimate of drug-likeness (QED) is 0.547. The predicted octanol–water partition coefficient (Wildman–Crippen LogP) is 4.73. The van der Waals surface area contributed by atoms with Gasteiger partial charge in [0.15, 0.2) is 0 Å². The van der Waals surface area contributed by atoms with E-state index < -0.39 is 0 Å². The van der Waals surface area contributed by atoms with Gasteiger partial charge in [-0.25, -0.2) is 0 Å². The lowest BCUT2D eigenvalue weighted by atomic mass is 9.68. The Balaban J connectivity index is 1.69. The van der Waals surface area contributed by atoms with E-state index in [2.05, 4.69) is 6.92 Å². The van der Waals surface area contributed by atoms with Gasteiger partial charge in [-0.3, -0.25) is 5.41 Å². The summed E-state index contributed by atoms with van der Waals surface area (Å²) in [7, 11) is 0. The van der Waals surface area contributed by atoms with Crippen LogP contribution in [-0.4, -0.2) is 5.84 Å². The van der Waals surface area contributed by atoms with Gasteiger partial charge in [-0.05, 0) is 56.3 Å². The van der Waals surface area contributed by atoms with Crippen molar-refractivity contribution >= 4 is 5.84 Å². The third-order valence-electron chi connectivity index (χ3n) is 5.74. The van der Waals surface area contributed by atoms with Crippen molar-refractivity contribution in [2.45, 2.75) is 77.6 Å². The van der Waals surface area contributed by atoms with Gasteiger partial charge >= 0.3 is 0 Å². The second kappa shape index (κ2) is 7.31. The first-order valence-corrected chi connectivity index (χ1v) is 8.54. The first-order valence-electron chi connectivity index (χ1n) is 8.54. The molecule has 0 amide bonds. The van der Waals surface area contributed by atoms with Gasteiger partial charge in [0, 0.05) is 5.92 Å². The van der Waals surface area contributed by atoms with Crippen LogP contribution < -0.4 is 5.73 Å². The second-order valence-corrected chi connectivity index (χ2v) is 6.99. The highest BCUT2D eigenvalue weighted by Crippen LogP contribution is 2.42. The smallest absolute Gasteiger partial charge is 0.0936 e. The fourth-order valence-corrected chi connectivity index (χ4v) is 4.34. The molecule has 2 heteroatoms. The Morgan fingerprint density at radius 2 is 1.47 bits per heavy atom. The lowest BCUT2D eigenvalue weighted by molar-refractivity contribution is 0.154. The summed E-state index contributed by atoms with van der Waals surface area (Å²) in [5.74, 6) is 3.80. The molecule has 0 aromatic rings. The van der Waals surface area contributed by atoms with E-state index in [1.54, 1.807) is 0 Å². The van der Waals surface area contributed by atoms with Gasteiger partial charge in [0.25, 0.3) is 0 Å². The number of amidine groups is 1. The lowest BCUT2D eigenvalue weighted by Crippen LogP contribution is -2.30. The fourth-order valence-electron chi connectivity index (χ4n) is 4.34. The van der Waals surface area contributed by atoms with Crippen LogP contribution in [0.2, 0.25) is 0 Å². The van der Waals surface area contributed by atoms with E-state index in [4.69, 9.17) is 11.1 Å². The fraction of sp³-hybridized carbons (Fsp3) is 0.941. The third-order valence-corrected chi connectivity index (χ3v) is 5.74. The normalized spacial score (nSPS) is 36.1. The molecule has 0 bridgehead atoms. The molecule has 2 aliphatic carbocycles. The largest absolute Gasteiger partial charge is 0.387 e. The molecule has 0 aromatic carbocycles. The SMILES string of the molecule is CCCCC1CCC(C2CCC(C(=N)N)CC2)CC1. The van der Waals surface area contributed by atoms with Crippen molar-refractivity contribution in [2.75, 3.05) is 0 Å². The van der Waals surface area contributed by atoms with Gasteiger partial charge in [0.1, 0.15) is 0 Å². The van der Waals surface area contributed by atoms with Crippen LogP contribution in [0.15, 0.2) is 0 Å². The Hall–Kier alpha value is -0.530. The monoisotopic (exact) mass is 264 g/mol. The van der Waals surface area contributed by atoms with Crippen molar-refractivity contribution in [1.82, 2.24) is 0 Å². The summed E-state index contributed by atoms with van der Waals surface area (Å²) < 4.78 is 0. The Kier molecular flexibility index (Phi) is 5.72. The van der Waals surface area contributed by atoms with Crippen LogP contribution in [0, 0.1) is 29.1 Å². The highest BCUT2D eigenvalue weighted by atomic mass is 14.7. The van der Waals surface area contributed by atoms with Crippen LogP contribution in [-0.2, 0) is 0 Å². The minimum atomic E-state index is 0.400. The summed E-state index contributed by atoms with van der Waals surface area (Å²) in [6.07, 6.45) is 15.2. The molecule has 19 heavy (non-hydrogen) atoms. The molecule has 2 rings (SSSR count). The highest BCUT2D eigenvalue weighted by Gasteiger charge is 2.31. The van der Waals surface area contributed by atoms with Gasteiger partial charge < -0.3 is 5.73 Å². The molecule has 2 fully saturated rings. The van der Waals surface area contributed by atoms with Crippen molar-refractivity contribution in [2.24, 2.45) is 29.4 Å². The number of nitrogens with one attached hydrogen (secondary N) is 1. The topological polar surface area (TPSA) is 49.9 Å². The molecule has 0 radical (unpaired) electrons.